The normalized spacial score (nSPS) is 13.2. The molecule has 0 saturated carbocycles. The summed E-state index contributed by atoms with van der Waals surface area (Å²) < 4.78 is 2.19. The molecule has 0 aliphatic rings. The molecule has 0 saturated heterocycles. The summed E-state index contributed by atoms with van der Waals surface area (Å²) in [6.07, 6.45) is 1.05. The number of nitrogens with zero attached hydrogens (tertiary/aromatic N) is 2. The second-order valence-corrected chi connectivity index (χ2v) is 4.63. The molecular weight excluding hydrogens is 243 g/mol. The molecule has 1 unspecified atom stereocenters. The molecule has 86 valence electrons. The predicted molar refractivity (Wildman–Crippen MR) is 69.3 cm³/mol. The summed E-state index contributed by atoms with van der Waals surface area (Å²) in [5.74, 6) is 1.34. The fourth-order valence-corrected chi connectivity index (χ4v) is 2.25. The Morgan fingerprint density at radius 1 is 1.44 bits per heavy atom. The molecule has 2 aromatic rings. The van der Waals surface area contributed by atoms with E-state index in [1.165, 1.54) is 0 Å². The van der Waals surface area contributed by atoms with Gasteiger partial charge in [-0.3, -0.25) is 0 Å². The van der Waals surface area contributed by atoms with Gasteiger partial charge >= 0.3 is 0 Å². The van der Waals surface area contributed by atoms with Gasteiger partial charge in [-0.05, 0) is 31.5 Å². The van der Waals surface area contributed by atoms with Crippen molar-refractivity contribution in [3.05, 3.63) is 29.0 Å². The van der Waals surface area contributed by atoms with Crippen molar-refractivity contribution in [1.82, 2.24) is 9.55 Å². The lowest BCUT2D eigenvalue weighted by Gasteiger charge is -2.14. The van der Waals surface area contributed by atoms with Gasteiger partial charge in [-0.2, -0.15) is 0 Å². The number of benzene rings is 1. The zero-order chi connectivity index (χ0) is 11.7. The molecule has 0 radical (unpaired) electrons. The summed E-state index contributed by atoms with van der Waals surface area (Å²) in [6, 6.07) is 6.18. The van der Waals surface area contributed by atoms with Gasteiger partial charge in [0.2, 0.25) is 0 Å². The van der Waals surface area contributed by atoms with Gasteiger partial charge in [0, 0.05) is 11.1 Å². The molecule has 1 atom stereocenters. The van der Waals surface area contributed by atoms with Crippen LogP contribution in [0.15, 0.2) is 18.2 Å². The van der Waals surface area contributed by atoms with Gasteiger partial charge in [0.1, 0.15) is 5.82 Å². The highest BCUT2D eigenvalue weighted by Crippen LogP contribution is 2.26. The van der Waals surface area contributed by atoms with Crippen molar-refractivity contribution in [2.45, 2.75) is 32.2 Å². The lowest BCUT2D eigenvalue weighted by atomic mass is 10.2. The first kappa shape index (κ1) is 11.7. The second kappa shape index (κ2) is 4.64. The largest absolute Gasteiger partial charge is 0.324 e. The van der Waals surface area contributed by atoms with E-state index in [0.29, 0.717) is 16.9 Å². The fourth-order valence-electron chi connectivity index (χ4n) is 1.89. The van der Waals surface area contributed by atoms with Crippen molar-refractivity contribution in [1.29, 1.82) is 0 Å². The zero-order valence-electron chi connectivity index (χ0n) is 9.37. The molecule has 0 aliphatic heterocycles. The monoisotopic (exact) mass is 256 g/mol. The number of alkyl halides is 1. The van der Waals surface area contributed by atoms with E-state index >= 15 is 0 Å². The number of aromatic nitrogens is 2. The van der Waals surface area contributed by atoms with Crippen molar-refractivity contribution in [2.75, 3.05) is 0 Å². The van der Waals surface area contributed by atoms with E-state index < -0.39 is 0 Å². The molecule has 1 heterocycles. The molecule has 16 heavy (non-hydrogen) atoms. The van der Waals surface area contributed by atoms with Crippen molar-refractivity contribution < 1.29 is 0 Å². The van der Waals surface area contributed by atoms with Crippen molar-refractivity contribution in [2.24, 2.45) is 0 Å². The average molecular weight is 257 g/mol. The first-order valence-electron chi connectivity index (χ1n) is 5.39. The van der Waals surface area contributed by atoms with Crippen molar-refractivity contribution >= 4 is 34.2 Å². The maximum Gasteiger partial charge on any atom is 0.125 e. The van der Waals surface area contributed by atoms with Crippen LogP contribution in [0.1, 0.15) is 32.1 Å². The molecule has 4 heteroatoms. The summed E-state index contributed by atoms with van der Waals surface area (Å²) in [6.45, 7) is 4.33. The van der Waals surface area contributed by atoms with E-state index in [2.05, 4.69) is 23.4 Å². The molecular formula is C12H14Cl2N2. The van der Waals surface area contributed by atoms with Gasteiger partial charge in [-0.15, -0.1) is 11.6 Å². The molecule has 2 rings (SSSR count). The Balaban J connectivity index is 2.68. The lowest BCUT2D eigenvalue weighted by molar-refractivity contribution is 0.530. The Bertz CT molecular complexity index is 505. The number of rotatable bonds is 3. The molecule has 1 aromatic heterocycles. The van der Waals surface area contributed by atoms with Gasteiger partial charge in [-0.25, -0.2) is 4.98 Å². The number of halogens is 2. The Labute approximate surface area is 105 Å². The highest BCUT2D eigenvalue weighted by molar-refractivity contribution is 6.31. The number of imidazole rings is 1. The van der Waals surface area contributed by atoms with Gasteiger partial charge in [-0.1, -0.05) is 18.5 Å². The molecule has 0 amide bonds. The topological polar surface area (TPSA) is 17.8 Å². The van der Waals surface area contributed by atoms with Gasteiger partial charge in [0.05, 0.1) is 16.9 Å². The minimum Gasteiger partial charge on any atom is -0.324 e. The Morgan fingerprint density at radius 3 is 2.81 bits per heavy atom. The summed E-state index contributed by atoms with van der Waals surface area (Å²) >= 11 is 11.9. The summed E-state index contributed by atoms with van der Waals surface area (Å²) in [5.41, 5.74) is 2.03. The third-order valence-corrected chi connectivity index (χ3v) is 3.35. The van der Waals surface area contributed by atoms with Gasteiger partial charge < -0.3 is 4.57 Å². The minimum atomic E-state index is 0.403. The SMILES string of the molecule is CCC(C)n1c(CCl)nc2cc(Cl)ccc21. The minimum absolute atomic E-state index is 0.403. The Morgan fingerprint density at radius 2 is 2.19 bits per heavy atom. The summed E-state index contributed by atoms with van der Waals surface area (Å²) in [4.78, 5) is 4.51. The van der Waals surface area contributed by atoms with Gasteiger partial charge in [0.25, 0.3) is 0 Å². The molecule has 2 nitrogen and oxygen atoms in total. The maximum atomic E-state index is 5.95. The number of hydrogen-bond donors (Lipinski definition) is 0. The molecule has 0 bridgehead atoms. The summed E-state index contributed by atoms with van der Waals surface area (Å²) in [7, 11) is 0. The standard InChI is InChI=1S/C12H14Cl2N2/c1-3-8(2)16-11-5-4-9(14)6-10(11)15-12(16)7-13/h4-6,8H,3,7H2,1-2H3. The van der Waals surface area contributed by atoms with Crippen LogP contribution >= 0.6 is 23.2 Å². The van der Waals surface area contributed by atoms with E-state index in [9.17, 15) is 0 Å². The zero-order valence-corrected chi connectivity index (χ0v) is 10.9. The van der Waals surface area contributed by atoms with Crippen LogP contribution in [0.5, 0.6) is 0 Å². The van der Waals surface area contributed by atoms with E-state index in [1.54, 1.807) is 0 Å². The first-order valence-corrected chi connectivity index (χ1v) is 6.31. The van der Waals surface area contributed by atoms with E-state index in [1.807, 2.05) is 18.2 Å². The van der Waals surface area contributed by atoms with E-state index in [4.69, 9.17) is 23.2 Å². The van der Waals surface area contributed by atoms with Crippen LogP contribution in [0, 0.1) is 0 Å². The van der Waals surface area contributed by atoms with Crippen LogP contribution in [0.3, 0.4) is 0 Å². The van der Waals surface area contributed by atoms with Gasteiger partial charge in [0.15, 0.2) is 0 Å². The fraction of sp³-hybridized carbons (Fsp3) is 0.417. The number of hydrogen-bond acceptors (Lipinski definition) is 1. The Kier molecular flexibility index (Phi) is 3.41. The van der Waals surface area contributed by atoms with Crippen LogP contribution in [0.2, 0.25) is 5.02 Å². The lowest BCUT2D eigenvalue weighted by Crippen LogP contribution is -2.07. The highest BCUT2D eigenvalue weighted by Gasteiger charge is 2.13. The maximum absolute atomic E-state index is 5.95. The quantitative estimate of drug-likeness (QED) is 0.745. The van der Waals surface area contributed by atoms with Crippen LogP contribution < -0.4 is 0 Å². The van der Waals surface area contributed by atoms with Crippen LogP contribution in [-0.2, 0) is 5.88 Å². The average Bonchev–Trinajstić information content (AvgIpc) is 2.65. The second-order valence-electron chi connectivity index (χ2n) is 3.92. The van der Waals surface area contributed by atoms with Crippen molar-refractivity contribution in [3.63, 3.8) is 0 Å². The third-order valence-electron chi connectivity index (χ3n) is 2.88. The molecule has 0 N–H and O–H groups in total. The van der Waals surface area contributed by atoms with Crippen LogP contribution in [0.25, 0.3) is 11.0 Å². The number of fused-ring (bicyclic) bond motifs is 1. The molecule has 0 aliphatic carbocycles. The smallest absolute Gasteiger partial charge is 0.125 e. The van der Waals surface area contributed by atoms with E-state index in [0.717, 1.165) is 23.3 Å². The Hall–Kier alpha value is -0.730. The van der Waals surface area contributed by atoms with E-state index in [-0.39, 0.29) is 0 Å². The van der Waals surface area contributed by atoms with Crippen LogP contribution in [0.4, 0.5) is 0 Å². The molecule has 0 fully saturated rings. The molecule has 0 spiro atoms. The predicted octanol–water partition coefficient (Wildman–Crippen LogP) is 4.40. The highest BCUT2D eigenvalue weighted by atomic mass is 35.5. The van der Waals surface area contributed by atoms with Crippen LogP contribution in [-0.4, -0.2) is 9.55 Å². The summed E-state index contributed by atoms with van der Waals surface area (Å²) in [5, 5.41) is 0.711. The third kappa shape index (κ3) is 1.92. The van der Waals surface area contributed by atoms with Crippen molar-refractivity contribution in [3.8, 4) is 0 Å². The molecule has 1 aromatic carbocycles. The first-order chi connectivity index (χ1) is 7.67.